The van der Waals surface area contributed by atoms with E-state index in [1.807, 2.05) is 12.3 Å². The highest BCUT2D eigenvalue weighted by atomic mass is 16.5. The van der Waals surface area contributed by atoms with Crippen LogP contribution in [0.15, 0.2) is 18.6 Å². The first-order valence-electron chi connectivity index (χ1n) is 6.99. The van der Waals surface area contributed by atoms with E-state index in [9.17, 15) is 0 Å². The van der Waals surface area contributed by atoms with E-state index < -0.39 is 0 Å². The maximum atomic E-state index is 5.73. The molecule has 1 saturated heterocycles. The zero-order valence-corrected chi connectivity index (χ0v) is 12.0. The smallest absolute Gasteiger partial charge is 0.142 e. The van der Waals surface area contributed by atoms with Crippen molar-refractivity contribution in [2.24, 2.45) is 5.92 Å². The predicted molar refractivity (Wildman–Crippen MR) is 79.0 cm³/mol. The minimum absolute atomic E-state index is 0.497. The molecule has 0 bridgehead atoms. The molecule has 0 spiro atoms. The highest BCUT2D eigenvalue weighted by molar-refractivity contribution is 5.87. The molecule has 0 amide bonds. The number of anilines is 1. The molecule has 0 saturated carbocycles. The van der Waals surface area contributed by atoms with Gasteiger partial charge in [-0.2, -0.15) is 0 Å². The number of rotatable bonds is 3. The van der Waals surface area contributed by atoms with Crippen LogP contribution in [0, 0.1) is 5.92 Å². The minimum atomic E-state index is 0.497. The summed E-state index contributed by atoms with van der Waals surface area (Å²) in [6.45, 7) is 4.43. The van der Waals surface area contributed by atoms with Gasteiger partial charge in [-0.1, -0.05) is 0 Å². The highest BCUT2D eigenvalue weighted by Crippen LogP contribution is 2.23. The maximum Gasteiger partial charge on any atom is 0.142 e. The van der Waals surface area contributed by atoms with Crippen molar-refractivity contribution in [3.8, 4) is 0 Å². The zero-order valence-electron chi connectivity index (χ0n) is 12.0. The van der Waals surface area contributed by atoms with Gasteiger partial charge >= 0.3 is 0 Å². The van der Waals surface area contributed by atoms with Crippen LogP contribution in [0.1, 0.15) is 0 Å². The Bertz CT molecular complexity index is 567. The molecule has 1 fully saturated rings. The Balaban J connectivity index is 1.86. The zero-order chi connectivity index (χ0) is 13.9. The summed E-state index contributed by atoms with van der Waals surface area (Å²) in [5.74, 6) is 1.50. The lowest BCUT2D eigenvalue weighted by Gasteiger charge is -2.26. The lowest BCUT2D eigenvalue weighted by molar-refractivity contribution is 0.113. The second-order valence-electron chi connectivity index (χ2n) is 5.59. The van der Waals surface area contributed by atoms with Crippen molar-refractivity contribution >= 4 is 16.9 Å². The van der Waals surface area contributed by atoms with Gasteiger partial charge in [0.2, 0.25) is 0 Å². The molecule has 0 aliphatic carbocycles. The van der Waals surface area contributed by atoms with E-state index in [1.165, 1.54) is 0 Å². The third-order valence-corrected chi connectivity index (χ3v) is 3.59. The van der Waals surface area contributed by atoms with Crippen LogP contribution < -0.4 is 4.90 Å². The molecule has 6 nitrogen and oxygen atoms in total. The Labute approximate surface area is 118 Å². The fraction of sp³-hybridized carbons (Fsp3) is 0.571. The molecule has 108 valence electrons. The monoisotopic (exact) mass is 275 g/mol. The van der Waals surface area contributed by atoms with Crippen molar-refractivity contribution in [2.45, 2.75) is 0 Å². The lowest BCUT2D eigenvalue weighted by Crippen LogP contribution is -2.35. The van der Waals surface area contributed by atoms with Gasteiger partial charge in [-0.3, -0.25) is 0 Å². The molecule has 6 heteroatoms. The number of aromatic amines is 1. The average molecular weight is 275 g/mol. The molecule has 3 heterocycles. The Kier molecular flexibility index (Phi) is 3.84. The van der Waals surface area contributed by atoms with E-state index >= 15 is 0 Å². The molecule has 0 radical (unpaired) electrons. The van der Waals surface area contributed by atoms with Gasteiger partial charge in [0.05, 0.1) is 18.6 Å². The molecule has 1 aliphatic heterocycles. The molecule has 1 atom stereocenters. The molecule has 2 aromatic heterocycles. The molecular formula is C14H21N5O. The van der Waals surface area contributed by atoms with Crippen LogP contribution >= 0.6 is 0 Å². The fourth-order valence-electron chi connectivity index (χ4n) is 2.81. The van der Waals surface area contributed by atoms with E-state index in [2.05, 4.69) is 38.8 Å². The van der Waals surface area contributed by atoms with E-state index in [-0.39, 0.29) is 0 Å². The molecule has 1 N–H and O–H groups in total. The van der Waals surface area contributed by atoms with Gasteiger partial charge in [0.25, 0.3) is 0 Å². The van der Waals surface area contributed by atoms with E-state index in [1.54, 1.807) is 6.33 Å². The van der Waals surface area contributed by atoms with Crippen LogP contribution in [0.25, 0.3) is 11.0 Å². The van der Waals surface area contributed by atoms with Crippen LogP contribution in [-0.4, -0.2) is 66.8 Å². The van der Waals surface area contributed by atoms with Gasteiger partial charge in [0.1, 0.15) is 17.8 Å². The van der Waals surface area contributed by atoms with E-state index in [4.69, 9.17) is 4.74 Å². The minimum Gasteiger partial charge on any atom is -0.379 e. The summed E-state index contributed by atoms with van der Waals surface area (Å²) in [5.41, 5.74) is 0.893. The first kappa shape index (κ1) is 13.3. The fourth-order valence-corrected chi connectivity index (χ4v) is 2.81. The third-order valence-electron chi connectivity index (χ3n) is 3.59. The standard InChI is InChI=1S/C14H21N5O/c1-18(2)7-11-8-19(5-6-20-9-11)14-12-3-4-15-13(12)16-10-17-14/h3-4,10-11H,5-9H2,1-2H3,(H,15,16,17)/t11-/m1/s1. The average Bonchev–Trinajstić information content (AvgIpc) is 2.78. The van der Waals surface area contributed by atoms with E-state index in [0.29, 0.717) is 5.92 Å². The molecule has 1 aliphatic rings. The number of H-pyrrole nitrogens is 1. The second kappa shape index (κ2) is 5.76. The number of nitrogens with one attached hydrogen (secondary N) is 1. The maximum absolute atomic E-state index is 5.73. The van der Waals surface area contributed by atoms with Crippen molar-refractivity contribution in [3.63, 3.8) is 0 Å². The Hall–Kier alpha value is -1.66. The number of hydrogen-bond acceptors (Lipinski definition) is 5. The van der Waals surface area contributed by atoms with Crippen LogP contribution in [0.2, 0.25) is 0 Å². The van der Waals surface area contributed by atoms with Crippen molar-refractivity contribution in [1.82, 2.24) is 19.9 Å². The lowest BCUT2D eigenvalue weighted by atomic mass is 10.1. The molecule has 20 heavy (non-hydrogen) atoms. The van der Waals surface area contributed by atoms with Crippen molar-refractivity contribution < 1.29 is 4.74 Å². The van der Waals surface area contributed by atoms with Gasteiger partial charge < -0.3 is 19.5 Å². The highest BCUT2D eigenvalue weighted by Gasteiger charge is 2.22. The Morgan fingerprint density at radius 2 is 2.35 bits per heavy atom. The summed E-state index contributed by atoms with van der Waals surface area (Å²) in [7, 11) is 4.20. The molecule has 3 rings (SSSR count). The SMILES string of the molecule is CN(C)C[C@H]1COCCN(c2ncnc3[nH]ccc23)C1. The second-order valence-corrected chi connectivity index (χ2v) is 5.59. The van der Waals surface area contributed by atoms with Crippen molar-refractivity contribution in [1.29, 1.82) is 0 Å². The first-order valence-corrected chi connectivity index (χ1v) is 6.99. The quantitative estimate of drug-likeness (QED) is 0.904. The summed E-state index contributed by atoms with van der Waals surface area (Å²) in [5, 5.41) is 1.08. The van der Waals surface area contributed by atoms with E-state index in [0.717, 1.165) is 49.7 Å². The van der Waals surface area contributed by atoms with Gasteiger partial charge in [-0.25, -0.2) is 9.97 Å². The van der Waals surface area contributed by atoms with Gasteiger partial charge in [-0.15, -0.1) is 0 Å². The van der Waals surface area contributed by atoms with Crippen LogP contribution in [-0.2, 0) is 4.74 Å². The van der Waals surface area contributed by atoms with Crippen LogP contribution in [0.4, 0.5) is 5.82 Å². The number of aromatic nitrogens is 3. The van der Waals surface area contributed by atoms with Crippen molar-refractivity contribution in [2.75, 3.05) is 51.8 Å². The van der Waals surface area contributed by atoms with Crippen LogP contribution in [0.3, 0.4) is 0 Å². The molecular weight excluding hydrogens is 254 g/mol. The number of nitrogens with zero attached hydrogens (tertiary/aromatic N) is 4. The normalized spacial score (nSPS) is 20.6. The number of fused-ring (bicyclic) bond motifs is 1. The summed E-state index contributed by atoms with van der Waals surface area (Å²) < 4.78 is 5.73. The third kappa shape index (κ3) is 2.76. The number of ether oxygens (including phenoxy) is 1. The van der Waals surface area contributed by atoms with Gasteiger partial charge in [0, 0.05) is 31.7 Å². The number of hydrogen-bond donors (Lipinski definition) is 1. The largest absolute Gasteiger partial charge is 0.379 e. The van der Waals surface area contributed by atoms with Crippen LogP contribution in [0.5, 0.6) is 0 Å². The van der Waals surface area contributed by atoms with Gasteiger partial charge in [0.15, 0.2) is 0 Å². The van der Waals surface area contributed by atoms with Crippen molar-refractivity contribution in [3.05, 3.63) is 18.6 Å². The Morgan fingerprint density at radius 3 is 3.20 bits per heavy atom. The Morgan fingerprint density at radius 1 is 1.45 bits per heavy atom. The molecule has 0 unspecified atom stereocenters. The summed E-state index contributed by atoms with van der Waals surface area (Å²) >= 11 is 0. The summed E-state index contributed by atoms with van der Waals surface area (Å²) in [6, 6.07) is 2.04. The molecule has 0 aromatic carbocycles. The van der Waals surface area contributed by atoms with Gasteiger partial charge in [-0.05, 0) is 20.2 Å². The predicted octanol–water partition coefficient (Wildman–Crippen LogP) is 0.972. The topological polar surface area (TPSA) is 57.3 Å². The summed E-state index contributed by atoms with van der Waals surface area (Å²) in [6.07, 6.45) is 3.54. The summed E-state index contributed by atoms with van der Waals surface area (Å²) in [4.78, 5) is 16.4. The molecule has 2 aromatic rings. The first-order chi connectivity index (χ1) is 9.74.